The molecule has 0 saturated carbocycles. The predicted molar refractivity (Wildman–Crippen MR) is 125 cm³/mol. The highest BCUT2D eigenvalue weighted by molar-refractivity contribution is 7.09. The number of likely N-dealkylation sites (N-methyl/N-ethyl adjacent to an activating group) is 1. The Bertz CT molecular complexity index is 1180. The van der Waals surface area contributed by atoms with Gasteiger partial charge in [-0.05, 0) is 45.0 Å². The molecule has 154 valence electrons. The van der Waals surface area contributed by atoms with Crippen LogP contribution in [0, 0.1) is 20.8 Å². The number of carbonyl (C=O) groups excluding carboxylic acids is 1. The lowest BCUT2D eigenvalue weighted by atomic mass is 10.1. The number of para-hydroxylation sites is 1. The monoisotopic (exact) mass is 418 g/mol. The van der Waals surface area contributed by atoms with Gasteiger partial charge in [-0.1, -0.05) is 35.9 Å². The van der Waals surface area contributed by atoms with Gasteiger partial charge in [0.05, 0.1) is 18.8 Å². The maximum Gasteiger partial charge on any atom is 0.238 e. The van der Waals surface area contributed by atoms with E-state index in [2.05, 4.69) is 46.9 Å². The molecular formula is C24H26N4OS. The van der Waals surface area contributed by atoms with Crippen molar-refractivity contribution in [3.8, 4) is 11.3 Å². The van der Waals surface area contributed by atoms with Crippen LogP contribution in [0.2, 0.25) is 0 Å². The molecule has 0 aliphatic heterocycles. The molecule has 0 bridgehead atoms. The van der Waals surface area contributed by atoms with E-state index in [-0.39, 0.29) is 5.91 Å². The number of aromatic nitrogens is 2. The van der Waals surface area contributed by atoms with Crippen molar-refractivity contribution in [2.24, 2.45) is 0 Å². The Morgan fingerprint density at radius 3 is 2.67 bits per heavy atom. The summed E-state index contributed by atoms with van der Waals surface area (Å²) < 4.78 is 0. The molecule has 0 aliphatic carbocycles. The maximum absolute atomic E-state index is 12.6. The standard InChI is InChI=1S/C24H26N4OS/c1-15-9-16(2)24(17(3)10-15)27-22(29)12-28(4)13-23-26-21(14-30-23)19-11-25-20-8-6-5-7-18(19)20/h5-11,14,25H,12-13H2,1-4H3,(H,27,29). The molecule has 30 heavy (non-hydrogen) atoms. The molecule has 0 saturated heterocycles. The van der Waals surface area contributed by atoms with E-state index in [1.54, 1.807) is 11.3 Å². The summed E-state index contributed by atoms with van der Waals surface area (Å²) in [6.07, 6.45) is 2.01. The maximum atomic E-state index is 12.6. The highest BCUT2D eigenvalue weighted by atomic mass is 32.1. The first-order chi connectivity index (χ1) is 14.4. The molecule has 4 rings (SSSR count). The second-order valence-electron chi connectivity index (χ2n) is 7.87. The minimum Gasteiger partial charge on any atom is -0.360 e. The van der Waals surface area contributed by atoms with Crippen molar-refractivity contribution in [1.82, 2.24) is 14.9 Å². The van der Waals surface area contributed by atoms with Gasteiger partial charge in [-0.15, -0.1) is 11.3 Å². The van der Waals surface area contributed by atoms with Gasteiger partial charge in [-0.2, -0.15) is 0 Å². The number of fused-ring (bicyclic) bond motifs is 1. The van der Waals surface area contributed by atoms with E-state index in [4.69, 9.17) is 4.98 Å². The molecule has 2 heterocycles. The van der Waals surface area contributed by atoms with E-state index in [1.807, 2.05) is 44.1 Å². The minimum absolute atomic E-state index is 0.0130. The van der Waals surface area contributed by atoms with Gasteiger partial charge >= 0.3 is 0 Å². The third-order valence-corrected chi connectivity index (χ3v) is 6.01. The molecular weight excluding hydrogens is 392 g/mol. The zero-order valence-electron chi connectivity index (χ0n) is 17.7. The van der Waals surface area contributed by atoms with Crippen molar-refractivity contribution in [2.45, 2.75) is 27.3 Å². The molecule has 5 nitrogen and oxygen atoms in total. The number of benzene rings is 2. The zero-order valence-corrected chi connectivity index (χ0v) is 18.6. The number of rotatable bonds is 6. The van der Waals surface area contributed by atoms with Crippen molar-refractivity contribution in [1.29, 1.82) is 0 Å². The highest BCUT2D eigenvalue weighted by Gasteiger charge is 2.14. The van der Waals surface area contributed by atoms with Crippen LogP contribution in [0.3, 0.4) is 0 Å². The topological polar surface area (TPSA) is 61.0 Å². The number of hydrogen-bond donors (Lipinski definition) is 2. The number of nitrogens with zero attached hydrogens (tertiary/aromatic N) is 2. The highest BCUT2D eigenvalue weighted by Crippen LogP contribution is 2.29. The van der Waals surface area contributed by atoms with Crippen LogP contribution in [0.25, 0.3) is 22.2 Å². The van der Waals surface area contributed by atoms with Crippen molar-refractivity contribution in [3.63, 3.8) is 0 Å². The van der Waals surface area contributed by atoms with Gasteiger partial charge in [-0.25, -0.2) is 4.98 Å². The van der Waals surface area contributed by atoms with Crippen molar-refractivity contribution < 1.29 is 4.79 Å². The van der Waals surface area contributed by atoms with Crippen LogP contribution in [0.5, 0.6) is 0 Å². The van der Waals surface area contributed by atoms with E-state index >= 15 is 0 Å². The summed E-state index contributed by atoms with van der Waals surface area (Å²) in [5.41, 5.74) is 7.48. The molecule has 0 fully saturated rings. The van der Waals surface area contributed by atoms with E-state index in [1.165, 1.54) is 10.9 Å². The molecule has 0 unspecified atom stereocenters. The molecule has 0 spiro atoms. The Balaban J connectivity index is 1.40. The summed E-state index contributed by atoms with van der Waals surface area (Å²) >= 11 is 1.62. The van der Waals surface area contributed by atoms with Crippen LogP contribution in [-0.2, 0) is 11.3 Å². The molecule has 2 aromatic heterocycles. The number of aryl methyl sites for hydroxylation is 3. The van der Waals surface area contributed by atoms with Crippen LogP contribution in [0.4, 0.5) is 5.69 Å². The Hall–Kier alpha value is -2.96. The van der Waals surface area contributed by atoms with Gasteiger partial charge in [0.15, 0.2) is 0 Å². The number of carbonyl (C=O) groups is 1. The molecule has 1 amide bonds. The lowest BCUT2D eigenvalue weighted by Crippen LogP contribution is -2.30. The van der Waals surface area contributed by atoms with E-state index < -0.39 is 0 Å². The lowest BCUT2D eigenvalue weighted by molar-refractivity contribution is -0.117. The summed E-state index contributed by atoms with van der Waals surface area (Å²) in [7, 11) is 1.95. The van der Waals surface area contributed by atoms with Crippen LogP contribution < -0.4 is 5.32 Å². The molecule has 0 atom stereocenters. The van der Waals surface area contributed by atoms with Crippen LogP contribution in [-0.4, -0.2) is 34.4 Å². The number of anilines is 1. The fourth-order valence-electron chi connectivity index (χ4n) is 3.88. The Labute approximate surface area is 180 Å². The summed E-state index contributed by atoms with van der Waals surface area (Å²) in [6, 6.07) is 12.4. The summed E-state index contributed by atoms with van der Waals surface area (Å²) in [4.78, 5) is 22.7. The van der Waals surface area contributed by atoms with Crippen LogP contribution in [0.15, 0.2) is 48.0 Å². The first-order valence-corrected chi connectivity index (χ1v) is 10.9. The van der Waals surface area contributed by atoms with Gasteiger partial charge in [-0.3, -0.25) is 9.69 Å². The van der Waals surface area contributed by atoms with E-state index in [9.17, 15) is 4.79 Å². The quantitative estimate of drug-likeness (QED) is 0.447. The Morgan fingerprint density at radius 1 is 1.17 bits per heavy atom. The van der Waals surface area contributed by atoms with Gasteiger partial charge in [0, 0.05) is 33.7 Å². The van der Waals surface area contributed by atoms with Crippen molar-refractivity contribution >= 4 is 33.8 Å². The second-order valence-corrected chi connectivity index (χ2v) is 8.81. The molecule has 4 aromatic rings. The number of aromatic amines is 1. The Kier molecular flexibility index (Phi) is 5.70. The summed E-state index contributed by atoms with van der Waals surface area (Å²) in [6.45, 7) is 7.07. The molecule has 2 aromatic carbocycles. The van der Waals surface area contributed by atoms with Gasteiger partial charge < -0.3 is 10.3 Å². The largest absolute Gasteiger partial charge is 0.360 e. The third kappa shape index (κ3) is 4.30. The number of thiazole rings is 1. The fourth-order valence-corrected chi connectivity index (χ4v) is 4.75. The van der Waals surface area contributed by atoms with E-state index in [0.717, 1.165) is 38.6 Å². The van der Waals surface area contributed by atoms with Gasteiger partial charge in [0.2, 0.25) is 5.91 Å². The normalized spacial score (nSPS) is 11.4. The summed E-state index contributed by atoms with van der Waals surface area (Å²) in [5, 5.41) is 7.32. The average Bonchev–Trinajstić information content (AvgIpc) is 3.31. The SMILES string of the molecule is Cc1cc(C)c(NC(=O)CN(C)Cc2nc(-c3c[nH]c4ccccc34)cs2)c(C)c1. The lowest BCUT2D eigenvalue weighted by Gasteiger charge is -2.17. The van der Waals surface area contributed by atoms with Crippen molar-refractivity contribution in [3.05, 3.63) is 69.7 Å². The number of hydrogen-bond acceptors (Lipinski definition) is 4. The van der Waals surface area contributed by atoms with Gasteiger partial charge in [0.1, 0.15) is 5.01 Å². The van der Waals surface area contributed by atoms with Crippen molar-refractivity contribution in [2.75, 3.05) is 18.9 Å². The molecule has 6 heteroatoms. The fraction of sp³-hybridized carbons (Fsp3) is 0.250. The van der Waals surface area contributed by atoms with E-state index in [0.29, 0.717) is 13.1 Å². The van der Waals surface area contributed by atoms with Crippen LogP contribution >= 0.6 is 11.3 Å². The average molecular weight is 419 g/mol. The number of H-pyrrole nitrogens is 1. The summed E-state index contributed by atoms with van der Waals surface area (Å²) in [5.74, 6) is -0.0130. The number of amides is 1. The molecule has 2 N–H and O–H groups in total. The minimum atomic E-state index is -0.0130. The Morgan fingerprint density at radius 2 is 1.90 bits per heavy atom. The molecule has 0 radical (unpaired) electrons. The van der Waals surface area contributed by atoms with Crippen LogP contribution in [0.1, 0.15) is 21.7 Å². The second kappa shape index (κ2) is 8.42. The number of nitrogens with one attached hydrogen (secondary N) is 2. The zero-order chi connectivity index (χ0) is 21.3. The molecule has 0 aliphatic rings. The third-order valence-electron chi connectivity index (χ3n) is 5.18. The smallest absolute Gasteiger partial charge is 0.238 e. The van der Waals surface area contributed by atoms with Gasteiger partial charge in [0.25, 0.3) is 0 Å². The predicted octanol–water partition coefficient (Wildman–Crippen LogP) is 5.29. The first kappa shape index (κ1) is 20.3. The first-order valence-electron chi connectivity index (χ1n) is 9.98.